The largest absolute Gasteiger partial charge is 0.341 e. The molecule has 0 aromatic rings. The zero-order valence-corrected chi connectivity index (χ0v) is 11.4. The molecule has 2 aliphatic rings. The van der Waals surface area contributed by atoms with Crippen molar-refractivity contribution < 1.29 is 4.79 Å². The number of carbonyl (C=O) groups is 1. The molecule has 1 atom stereocenters. The number of amides is 1. The van der Waals surface area contributed by atoms with Gasteiger partial charge in [-0.3, -0.25) is 9.69 Å². The number of likely N-dealkylation sites (tertiary alicyclic amines) is 1. The molecule has 0 aromatic carbocycles. The van der Waals surface area contributed by atoms with Crippen LogP contribution in [0.25, 0.3) is 0 Å². The van der Waals surface area contributed by atoms with Crippen LogP contribution in [0.1, 0.15) is 19.3 Å². The number of nitrogens with one attached hydrogen (secondary N) is 1. The van der Waals surface area contributed by atoms with Crippen LogP contribution in [0.4, 0.5) is 0 Å². The lowest BCUT2D eigenvalue weighted by Gasteiger charge is -2.32. The average molecular weight is 251 g/mol. The molecule has 18 heavy (non-hydrogen) atoms. The Morgan fingerprint density at radius 1 is 1.44 bits per heavy atom. The Balaban J connectivity index is 1.78. The van der Waals surface area contributed by atoms with Gasteiger partial charge in [0.1, 0.15) is 0 Å². The van der Waals surface area contributed by atoms with Crippen LogP contribution in [0.3, 0.4) is 0 Å². The lowest BCUT2D eigenvalue weighted by atomic mass is 10.1. The van der Waals surface area contributed by atoms with Gasteiger partial charge in [-0.2, -0.15) is 0 Å². The molecule has 0 aromatic heterocycles. The van der Waals surface area contributed by atoms with Crippen LogP contribution in [0, 0.1) is 5.92 Å². The Kier molecular flexibility index (Phi) is 4.78. The Hall–Kier alpha value is -0.870. The van der Waals surface area contributed by atoms with Gasteiger partial charge in [-0.15, -0.1) is 6.58 Å². The molecule has 2 aliphatic heterocycles. The molecule has 0 saturated carbocycles. The van der Waals surface area contributed by atoms with E-state index in [0.717, 1.165) is 45.4 Å². The Morgan fingerprint density at radius 2 is 2.17 bits per heavy atom. The third kappa shape index (κ3) is 3.33. The van der Waals surface area contributed by atoms with Crippen LogP contribution in [0.2, 0.25) is 0 Å². The molecule has 2 heterocycles. The third-order valence-corrected chi connectivity index (χ3v) is 4.23. The van der Waals surface area contributed by atoms with Crippen molar-refractivity contribution >= 4 is 5.91 Å². The van der Waals surface area contributed by atoms with Crippen molar-refractivity contribution in [3.8, 4) is 0 Å². The van der Waals surface area contributed by atoms with E-state index in [0.29, 0.717) is 18.5 Å². The normalized spacial score (nSPS) is 25.7. The second kappa shape index (κ2) is 6.34. The fourth-order valence-corrected chi connectivity index (χ4v) is 2.90. The summed E-state index contributed by atoms with van der Waals surface area (Å²) in [5, 5.41) is 3.36. The van der Waals surface area contributed by atoms with Crippen molar-refractivity contribution in [1.82, 2.24) is 15.1 Å². The minimum Gasteiger partial charge on any atom is -0.341 e. The summed E-state index contributed by atoms with van der Waals surface area (Å²) in [6.45, 7) is 8.29. The molecule has 2 fully saturated rings. The molecule has 2 saturated heterocycles. The van der Waals surface area contributed by atoms with Crippen molar-refractivity contribution in [2.24, 2.45) is 5.92 Å². The number of hydrogen-bond donors (Lipinski definition) is 1. The Morgan fingerprint density at radius 3 is 2.78 bits per heavy atom. The summed E-state index contributed by atoms with van der Waals surface area (Å²) in [5.74, 6) is 0.776. The highest BCUT2D eigenvalue weighted by atomic mass is 16.2. The Bertz CT molecular complexity index is 299. The predicted molar refractivity (Wildman–Crippen MR) is 73.4 cm³/mol. The molecular weight excluding hydrogens is 226 g/mol. The predicted octanol–water partition coefficient (Wildman–Crippen LogP) is 0.705. The minimum absolute atomic E-state index is 0.278. The van der Waals surface area contributed by atoms with E-state index < -0.39 is 0 Å². The fourth-order valence-electron chi connectivity index (χ4n) is 2.90. The van der Waals surface area contributed by atoms with E-state index in [4.69, 9.17) is 0 Å². The maximum Gasteiger partial charge on any atom is 0.236 e. The van der Waals surface area contributed by atoms with Gasteiger partial charge in [0.25, 0.3) is 0 Å². The molecule has 2 rings (SSSR count). The van der Waals surface area contributed by atoms with Crippen molar-refractivity contribution in [2.75, 3.05) is 39.8 Å². The topological polar surface area (TPSA) is 35.6 Å². The molecule has 1 N–H and O–H groups in total. The molecule has 0 aliphatic carbocycles. The molecule has 0 radical (unpaired) electrons. The number of piperidine rings is 1. The highest BCUT2D eigenvalue weighted by Crippen LogP contribution is 2.17. The molecule has 4 nitrogen and oxygen atoms in total. The van der Waals surface area contributed by atoms with E-state index in [2.05, 4.69) is 23.8 Å². The first kappa shape index (κ1) is 13.6. The Labute approximate surface area is 110 Å². The SMILES string of the molecule is C=CC1CCN(C(=O)CN(C)C2CCNCC2)C1. The van der Waals surface area contributed by atoms with Gasteiger partial charge in [0.15, 0.2) is 0 Å². The van der Waals surface area contributed by atoms with Crippen molar-refractivity contribution in [1.29, 1.82) is 0 Å². The first-order valence-electron chi connectivity index (χ1n) is 7.02. The average Bonchev–Trinajstić information content (AvgIpc) is 2.88. The molecule has 1 amide bonds. The number of carbonyl (C=O) groups excluding carboxylic acids is 1. The minimum atomic E-state index is 0.278. The van der Waals surface area contributed by atoms with Crippen molar-refractivity contribution in [3.05, 3.63) is 12.7 Å². The van der Waals surface area contributed by atoms with Crippen molar-refractivity contribution in [2.45, 2.75) is 25.3 Å². The lowest BCUT2D eigenvalue weighted by Crippen LogP contribution is -2.46. The van der Waals surface area contributed by atoms with Crippen molar-refractivity contribution in [3.63, 3.8) is 0 Å². The van der Waals surface area contributed by atoms with Gasteiger partial charge in [-0.25, -0.2) is 0 Å². The quantitative estimate of drug-likeness (QED) is 0.747. The number of hydrogen-bond acceptors (Lipinski definition) is 3. The number of nitrogens with zero attached hydrogens (tertiary/aromatic N) is 2. The maximum absolute atomic E-state index is 12.2. The van der Waals surface area contributed by atoms with E-state index in [1.165, 1.54) is 0 Å². The van der Waals surface area contributed by atoms with Crippen LogP contribution >= 0.6 is 0 Å². The second-order valence-electron chi connectivity index (χ2n) is 5.52. The van der Waals surface area contributed by atoms with E-state index in [9.17, 15) is 4.79 Å². The zero-order valence-electron chi connectivity index (χ0n) is 11.4. The fraction of sp³-hybridized carbons (Fsp3) is 0.786. The van der Waals surface area contributed by atoms with Crippen LogP contribution in [0.5, 0.6) is 0 Å². The zero-order chi connectivity index (χ0) is 13.0. The summed E-state index contributed by atoms with van der Waals surface area (Å²) in [5.41, 5.74) is 0. The van der Waals surface area contributed by atoms with Gasteiger partial charge in [-0.1, -0.05) is 6.08 Å². The summed E-state index contributed by atoms with van der Waals surface area (Å²) in [7, 11) is 2.08. The van der Waals surface area contributed by atoms with Gasteiger partial charge in [0.2, 0.25) is 5.91 Å². The molecule has 1 unspecified atom stereocenters. The highest BCUT2D eigenvalue weighted by molar-refractivity contribution is 5.78. The van der Waals surface area contributed by atoms with Gasteiger partial charge >= 0.3 is 0 Å². The van der Waals surface area contributed by atoms with Crippen LogP contribution in [-0.2, 0) is 4.79 Å². The highest BCUT2D eigenvalue weighted by Gasteiger charge is 2.26. The molecule has 0 spiro atoms. The summed E-state index contributed by atoms with van der Waals surface area (Å²) >= 11 is 0. The van der Waals surface area contributed by atoms with Crippen LogP contribution < -0.4 is 5.32 Å². The smallest absolute Gasteiger partial charge is 0.236 e. The molecular formula is C14H25N3O. The molecule has 0 bridgehead atoms. The number of likely N-dealkylation sites (N-methyl/N-ethyl adjacent to an activating group) is 1. The van der Waals surface area contributed by atoms with E-state index >= 15 is 0 Å². The van der Waals surface area contributed by atoms with Gasteiger partial charge in [0.05, 0.1) is 6.54 Å². The standard InChI is InChI=1S/C14H25N3O/c1-3-12-6-9-17(10-12)14(18)11-16(2)13-4-7-15-8-5-13/h3,12-13,15H,1,4-11H2,2H3. The first-order chi connectivity index (χ1) is 8.70. The van der Waals surface area contributed by atoms with E-state index in [1.54, 1.807) is 0 Å². The summed E-state index contributed by atoms with van der Waals surface area (Å²) < 4.78 is 0. The van der Waals surface area contributed by atoms with Crippen LogP contribution in [-0.4, -0.2) is 61.5 Å². The molecule has 4 heteroatoms. The summed E-state index contributed by atoms with van der Waals surface area (Å²) in [6.07, 6.45) is 5.36. The second-order valence-corrected chi connectivity index (χ2v) is 5.52. The van der Waals surface area contributed by atoms with E-state index in [1.807, 2.05) is 11.0 Å². The molecule has 102 valence electrons. The van der Waals surface area contributed by atoms with Crippen LogP contribution in [0.15, 0.2) is 12.7 Å². The van der Waals surface area contributed by atoms with Gasteiger partial charge in [-0.05, 0) is 45.3 Å². The number of rotatable bonds is 4. The summed E-state index contributed by atoms with van der Waals surface area (Å²) in [4.78, 5) is 16.4. The third-order valence-electron chi connectivity index (χ3n) is 4.23. The first-order valence-corrected chi connectivity index (χ1v) is 7.02. The lowest BCUT2D eigenvalue weighted by molar-refractivity contribution is -0.131. The monoisotopic (exact) mass is 251 g/mol. The summed E-state index contributed by atoms with van der Waals surface area (Å²) in [6, 6.07) is 0.563. The van der Waals surface area contributed by atoms with Gasteiger partial charge < -0.3 is 10.2 Å². The maximum atomic E-state index is 12.2. The van der Waals surface area contributed by atoms with E-state index in [-0.39, 0.29) is 5.91 Å². The van der Waals surface area contributed by atoms with Gasteiger partial charge in [0, 0.05) is 19.1 Å².